The highest BCUT2D eigenvalue weighted by atomic mass is 16.5. The average molecular weight is 274 g/mol. The van der Waals surface area contributed by atoms with E-state index in [0.29, 0.717) is 18.4 Å². The molecule has 5 heteroatoms. The molecule has 20 heavy (non-hydrogen) atoms. The highest BCUT2D eigenvalue weighted by molar-refractivity contribution is 5.59. The molecule has 0 aliphatic carbocycles. The summed E-state index contributed by atoms with van der Waals surface area (Å²) in [6.07, 6.45) is 2.09. The topological polar surface area (TPSA) is 57.4 Å². The zero-order chi connectivity index (χ0) is 13.9. The minimum absolute atomic E-state index is 0.226. The average Bonchev–Trinajstić information content (AvgIpc) is 2.97. The molecular formula is C15H18N2O3. The highest BCUT2D eigenvalue weighted by Crippen LogP contribution is 2.29. The van der Waals surface area contributed by atoms with E-state index < -0.39 is 0 Å². The summed E-state index contributed by atoms with van der Waals surface area (Å²) < 4.78 is 16.5. The number of nitrogens with zero attached hydrogens (tertiary/aromatic N) is 2. The van der Waals surface area contributed by atoms with Crippen LogP contribution in [0.25, 0.3) is 11.5 Å². The molecule has 106 valence electrons. The van der Waals surface area contributed by atoms with Crippen molar-refractivity contribution in [2.75, 3.05) is 20.3 Å². The Kier molecular flexibility index (Phi) is 3.69. The molecule has 0 radical (unpaired) electrons. The molecule has 0 amide bonds. The molecule has 1 aliphatic rings. The molecule has 0 saturated carbocycles. The van der Waals surface area contributed by atoms with Gasteiger partial charge in [0.1, 0.15) is 5.75 Å². The minimum atomic E-state index is 0.226. The third kappa shape index (κ3) is 2.54. The Morgan fingerprint density at radius 1 is 1.30 bits per heavy atom. The van der Waals surface area contributed by atoms with Crippen LogP contribution in [0.3, 0.4) is 0 Å². The Bertz CT molecular complexity index is 589. The fourth-order valence-electron chi connectivity index (χ4n) is 2.45. The Labute approximate surface area is 117 Å². The lowest BCUT2D eigenvalue weighted by Crippen LogP contribution is -2.15. The van der Waals surface area contributed by atoms with Gasteiger partial charge in [0, 0.05) is 12.2 Å². The van der Waals surface area contributed by atoms with E-state index in [9.17, 15) is 0 Å². The second-order valence-corrected chi connectivity index (χ2v) is 5.04. The summed E-state index contributed by atoms with van der Waals surface area (Å²) in [5.41, 5.74) is 2.00. The molecule has 0 N–H and O–H groups in total. The summed E-state index contributed by atoms with van der Waals surface area (Å²) in [6.45, 7) is 3.50. The third-order valence-corrected chi connectivity index (χ3v) is 3.61. The Balaban J connectivity index is 1.85. The lowest BCUT2D eigenvalue weighted by molar-refractivity contribution is 0.0727. The summed E-state index contributed by atoms with van der Waals surface area (Å²) >= 11 is 0. The van der Waals surface area contributed by atoms with Crippen molar-refractivity contribution in [3.8, 4) is 17.2 Å². The van der Waals surface area contributed by atoms with Crippen molar-refractivity contribution in [1.82, 2.24) is 10.2 Å². The van der Waals surface area contributed by atoms with Gasteiger partial charge in [-0.25, -0.2) is 0 Å². The first-order valence-corrected chi connectivity index (χ1v) is 6.84. The van der Waals surface area contributed by atoms with E-state index in [1.54, 1.807) is 7.11 Å². The molecule has 1 fully saturated rings. The Morgan fingerprint density at radius 3 is 2.90 bits per heavy atom. The second kappa shape index (κ2) is 5.63. The molecule has 5 nitrogen and oxygen atoms in total. The number of hydrogen-bond donors (Lipinski definition) is 0. The molecule has 1 unspecified atom stereocenters. The largest absolute Gasteiger partial charge is 0.497 e. The standard InChI is InChI=1S/C15H18N2O3/c1-10-8-12(18-2)5-6-13(10)15-17-16-14(20-15)11-4-3-7-19-9-11/h5-6,8,11H,3-4,7,9H2,1-2H3. The van der Waals surface area contributed by atoms with Gasteiger partial charge in [0.05, 0.1) is 19.6 Å². The molecular weight excluding hydrogens is 256 g/mol. The number of ether oxygens (including phenoxy) is 2. The van der Waals surface area contributed by atoms with Crippen molar-refractivity contribution < 1.29 is 13.9 Å². The fraction of sp³-hybridized carbons (Fsp3) is 0.467. The molecule has 2 heterocycles. The molecule has 0 bridgehead atoms. The molecule has 1 atom stereocenters. The molecule has 0 spiro atoms. The van der Waals surface area contributed by atoms with Crippen LogP contribution in [-0.2, 0) is 4.74 Å². The van der Waals surface area contributed by atoms with E-state index in [4.69, 9.17) is 13.9 Å². The minimum Gasteiger partial charge on any atom is -0.497 e. The molecule has 1 saturated heterocycles. The van der Waals surface area contributed by atoms with Gasteiger partial charge in [-0.1, -0.05) is 0 Å². The van der Waals surface area contributed by atoms with Gasteiger partial charge in [-0.2, -0.15) is 0 Å². The smallest absolute Gasteiger partial charge is 0.248 e. The van der Waals surface area contributed by atoms with Crippen LogP contribution in [-0.4, -0.2) is 30.5 Å². The van der Waals surface area contributed by atoms with Gasteiger partial charge < -0.3 is 13.9 Å². The molecule has 1 aromatic heterocycles. The third-order valence-electron chi connectivity index (χ3n) is 3.61. The van der Waals surface area contributed by atoms with Crippen LogP contribution < -0.4 is 4.74 Å². The predicted molar refractivity (Wildman–Crippen MR) is 73.8 cm³/mol. The number of aryl methyl sites for hydroxylation is 1. The SMILES string of the molecule is COc1ccc(-c2nnc(C3CCCOC3)o2)c(C)c1. The van der Waals surface area contributed by atoms with Gasteiger partial charge in [-0.3, -0.25) is 0 Å². The maximum Gasteiger partial charge on any atom is 0.248 e. The van der Waals surface area contributed by atoms with Crippen molar-refractivity contribution in [2.24, 2.45) is 0 Å². The van der Waals surface area contributed by atoms with Gasteiger partial charge in [-0.05, 0) is 43.5 Å². The van der Waals surface area contributed by atoms with Crippen LogP contribution in [0.5, 0.6) is 5.75 Å². The van der Waals surface area contributed by atoms with Crippen LogP contribution in [0.15, 0.2) is 22.6 Å². The maximum absolute atomic E-state index is 5.82. The van der Waals surface area contributed by atoms with Gasteiger partial charge in [0.2, 0.25) is 11.8 Å². The number of methoxy groups -OCH3 is 1. The predicted octanol–water partition coefficient (Wildman–Crippen LogP) is 2.95. The first kappa shape index (κ1) is 13.1. The lowest BCUT2D eigenvalue weighted by atomic mass is 10.0. The number of rotatable bonds is 3. The van der Waals surface area contributed by atoms with Crippen molar-refractivity contribution in [2.45, 2.75) is 25.7 Å². The van der Waals surface area contributed by atoms with Gasteiger partial charge in [-0.15, -0.1) is 10.2 Å². The first-order valence-electron chi connectivity index (χ1n) is 6.84. The van der Waals surface area contributed by atoms with E-state index >= 15 is 0 Å². The van der Waals surface area contributed by atoms with Crippen LogP contribution in [0.4, 0.5) is 0 Å². The molecule has 3 rings (SSSR count). The van der Waals surface area contributed by atoms with Gasteiger partial charge in [0.15, 0.2) is 0 Å². The van der Waals surface area contributed by atoms with E-state index in [0.717, 1.165) is 36.3 Å². The first-order chi connectivity index (χ1) is 9.78. The van der Waals surface area contributed by atoms with Gasteiger partial charge >= 0.3 is 0 Å². The summed E-state index contributed by atoms with van der Waals surface area (Å²) in [6, 6.07) is 5.81. The normalized spacial score (nSPS) is 19.0. The summed E-state index contributed by atoms with van der Waals surface area (Å²) in [7, 11) is 1.66. The summed E-state index contributed by atoms with van der Waals surface area (Å²) in [4.78, 5) is 0. The molecule has 2 aromatic rings. The second-order valence-electron chi connectivity index (χ2n) is 5.04. The van der Waals surface area contributed by atoms with Crippen LogP contribution >= 0.6 is 0 Å². The van der Waals surface area contributed by atoms with Crippen molar-refractivity contribution in [3.05, 3.63) is 29.7 Å². The lowest BCUT2D eigenvalue weighted by Gasteiger charge is -2.18. The fourth-order valence-corrected chi connectivity index (χ4v) is 2.45. The number of benzene rings is 1. The zero-order valence-electron chi connectivity index (χ0n) is 11.8. The van der Waals surface area contributed by atoms with Crippen LogP contribution in [0, 0.1) is 6.92 Å². The van der Waals surface area contributed by atoms with Crippen molar-refractivity contribution in [3.63, 3.8) is 0 Å². The zero-order valence-corrected chi connectivity index (χ0v) is 11.8. The molecule has 1 aromatic carbocycles. The van der Waals surface area contributed by atoms with E-state index in [1.807, 2.05) is 25.1 Å². The van der Waals surface area contributed by atoms with E-state index in [2.05, 4.69) is 10.2 Å². The van der Waals surface area contributed by atoms with E-state index in [1.165, 1.54) is 0 Å². The summed E-state index contributed by atoms with van der Waals surface area (Å²) in [5.74, 6) is 2.29. The number of hydrogen-bond acceptors (Lipinski definition) is 5. The van der Waals surface area contributed by atoms with Crippen LogP contribution in [0.2, 0.25) is 0 Å². The Hall–Kier alpha value is -1.88. The van der Waals surface area contributed by atoms with Crippen LogP contribution in [0.1, 0.15) is 30.2 Å². The van der Waals surface area contributed by atoms with Crippen molar-refractivity contribution in [1.29, 1.82) is 0 Å². The maximum atomic E-state index is 5.82. The quantitative estimate of drug-likeness (QED) is 0.861. The number of aromatic nitrogens is 2. The summed E-state index contributed by atoms with van der Waals surface area (Å²) in [5, 5.41) is 8.34. The highest BCUT2D eigenvalue weighted by Gasteiger charge is 2.22. The van der Waals surface area contributed by atoms with Crippen molar-refractivity contribution >= 4 is 0 Å². The monoisotopic (exact) mass is 274 g/mol. The van der Waals surface area contributed by atoms with Gasteiger partial charge in [0.25, 0.3) is 0 Å². The Morgan fingerprint density at radius 2 is 2.20 bits per heavy atom. The van der Waals surface area contributed by atoms with E-state index in [-0.39, 0.29) is 5.92 Å². The molecule has 1 aliphatic heterocycles.